The van der Waals surface area contributed by atoms with E-state index in [2.05, 4.69) is 4.98 Å². The van der Waals surface area contributed by atoms with Gasteiger partial charge in [0.2, 0.25) is 0 Å². The van der Waals surface area contributed by atoms with Gasteiger partial charge in [-0.2, -0.15) is 4.57 Å². The van der Waals surface area contributed by atoms with Crippen LogP contribution < -0.4 is 0 Å². The summed E-state index contributed by atoms with van der Waals surface area (Å²) < 4.78 is 6.63. The Morgan fingerprint density at radius 2 is 2.56 bits per heavy atom. The van der Waals surface area contributed by atoms with Crippen molar-refractivity contribution in [3.8, 4) is 0 Å². The van der Waals surface area contributed by atoms with Crippen molar-refractivity contribution in [2.45, 2.75) is 6.92 Å². The fourth-order valence-corrected chi connectivity index (χ4v) is 0.847. The Kier molecular flexibility index (Phi) is 0.704. The zero-order valence-corrected chi connectivity index (χ0v) is 5.03. The standard InChI is InChI=1S/C6H6N2O/c1-5-4-8-6(7-5)2-3-9-8/h2-4H,1H3. The first-order valence-electron chi connectivity index (χ1n) is 2.76. The average Bonchev–Trinajstić information content (AvgIpc) is 2.22. The highest BCUT2D eigenvalue weighted by Crippen LogP contribution is 2.02. The van der Waals surface area contributed by atoms with Crippen LogP contribution in [0.25, 0.3) is 5.65 Å². The second-order valence-corrected chi connectivity index (χ2v) is 1.97. The highest BCUT2D eigenvalue weighted by molar-refractivity contribution is 5.35. The first-order chi connectivity index (χ1) is 4.36. The van der Waals surface area contributed by atoms with Gasteiger partial charge >= 0.3 is 0 Å². The lowest BCUT2D eigenvalue weighted by molar-refractivity contribution is 0.377. The molecule has 0 radical (unpaired) electrons. The number of aryl methyl sites for hydroxylation is 1. The van der Waals surface area contributed by atoms with Gasteiger partial charge in [-0.1, -0.05) is 0 Å². The summed E-state index contributed by atoms with van der Waals surface area (Å²) in [5.41, 5.74) is 1.85. The molecule has 0 aliphatic rings. The molecule has 2 heterocycles. The second kappa shape index (κ2) is 1.37. The van der Waals surface area contributed by atoms with Gasteiger partial charge in [0.1, 0.15) is 6.26 Å². The van der Waals surface area contributed by atoms with Crippen LogP contribution in [0.2, 0.25) is 0 Å². The Hall–Kier alpha value is -1.25. The van der Waals surface area contributed by atoms with Gasteiger partial charge in [-0.15, -0.1) is 0 Å². The molecule has 2 aromatic rings. The van der Waals surface area contributed by atoms with E-state index in [1.807, 2.05) is 19.2 Å². The van der Waals surface area contributed by atoms with Crippen LogP contribution in [-0.2, 0) is 0 Å². The second-order valence-electron chi connectivity index (χ2n) is 1.97. The summed E-state index contributed by atoms with van der Waals surface area (Å²) in [7, 11) is 0. The quantitative estimate of drug-likeness (QED) is 0.526. The normalized spacial score (nSPS) is 10.8. The third kappa shape index (κ3) is 0.543. The lowest BCUT2D eigenvalue weighted by Crippen LogP contribution is -1.67. The SMILES string of the molecule is Cc1cn2occc2n1. The maximum Gasteiger partial charge on any atom is 0.172 e. The van der Waals surface area contributed by atoms with Crippen LogP contribution in [0.4, 0.5) is 0 Å². The van der Waals surface area contributed by atoms with Gasteiger partial charge in [0.25, 0.3) is 0 Å². The van der Waals surface area contributed by atoms with Gasteiger partial charge in [0.15, 0.2) is 5.65 Å². The minimum atomic E-state index is 0.868. The number of aromatic nitrogens is 2. The molecule has 0 N–H and O–H groups in total. The molecule has 0 atom stereocenters. The molecule has 0 saturated carbocycles. The maximum absolute atomic E-state index is 4.99. The van der Waals surface area contributed by atoms with Crippen molar-refractivity contribution >= 4 is 5.65 Å². The zero-order chi connectivity index (χ0) is 6.27. The molecule has 0 aliphatic heterocycles. The highest BCUT2D eigenvalue weighted by Gasteiger charge is 1.95. The van der Waals surface area contributed by atoms with Crippen LogP contribution in [0.3, 0.4) is 0 Å². The van der Waals surface area contributed by atoms with Crippen LogP contribution in [0.1, 0.15) is 5.69 Å². The van der Waals surface area contributed by atoms with Crippen molar-refractivity contribution in [3.05, 3.63) is 24.2 Å². The monoisotopic (exact) mass is 122 g/mol. The van der Waals surface area contributed by atoms with E-state index in [9.17, 15) is 0 Å². The average molecular weight is 122 g/mol. The lowest BCUT2D eigenvalue weighted by Gasteiger charge is -1.73. The van der Waals surface area contributed by atoms with Gasteiger partial charge < -0.3 is 4.52 Å². The van der Waals surface area contributed by atoms with Crippen LogP contribution in [0.15, 0.2) is 23.0 Å². The van der Waals surface area contributed by atoms with E-state index in [0.29, 0.717) is 0 Å². The van der Waals surface area contributed by atoms with Crippen molar-refractivity contribution in [1.82, 2.24) is 9.56 Å². The summed E-state index contributed by atoms with van der Waals surface area (Å²) in [4.78, 5) is 4.14. The molecular formula is C6H6N2O. The molecule has 0 aromatic carbocycles. The van der Waals surface area contributed by atoms with Crippen molar-refractivity contribution in [2.24, 2.45) is 0 Å². The summed E-state index contributed by atoms with van der Waals surface area (Å²) in [6.45, 7) is 1.93. The molecule has 0 unspecified atom stereocenters. The summed E-state index contributed by atoms with van der Waals surface area (Å²) >= 11 is 0. The Bertz CT molecular complexity index is 292. The smallest absolute Gasteiger partial charge is 0.172 e. The molecule has 3 heteroatoms. The van der Waals surface area contributed by atoms with Crippen molar-refractivity contribution in [2.75, 3.05) is 0 Å². The topological polar surface area (TPSA) is 30.4 Å². The zero-order valence-electron chi connectivity index (χ0n) is 5.03. The van der Waals surface area contributed by atoms with E-state index in [1.165, 1.54) is 0 Å². The molecule has 3 nitrogen and oxygen atoms in total. The largest absolute Gasteiger partial charge is 0.381 e. The Morgan fingerprint density at radius 3 is 3.33 bits per heavy atom. The van der Waals surface area contributed by atoms with Gasteiger partial charge in [0, 0.05) is 6.07 Å². The van der Waals surface area contributed by atoms with Crippen LogP contribution in [0.5, 0.6) is 0 Å². The third-order valence-corrected chi connectivity index (χ3v) is 1.21. The van der Waals surface area contributed by atoms with Crippen molar-refractivity contribution in [1.29, 1.82) is 0 Å². The van der Waals surface area contributed by atoms with Gasteiger partial charge in [-0.3, -0.25) is 0 Å². The fraction of sp³-hybridized carbons (Fsp3) is 0.167. The first kappa shape index (κ1) is 4.61. The van der Waals surface area contributed by atoms with Crippen LogP contribution >= 0.6 is 0 Å². The number of nitrogens with zero attached hydrogens (tertiary/aromatic N) is 2. The van der Waals surface area contributed by atoms with E-state index in [4.69, 9.17) is 4.52 Å². The minimum absolute atomic E-state index is 0.868. The maximum atomic E-state index is 4.99. The molecule has 0 fully saturated rings. The Morgan fingerprint density at radius 1 is 1.67 bits per heavy atom. The fourth-order valence-electron chi connectivity index (χ4n) is 0.847. The predicted octanol–water partition coefficient (Wildman–Crippen LogP) is 1.24. The van der Waals surface area contributed by atoms with E-state index in [1.54, 1.807) is 10.8 Å². The van der Waals surface area contributed by atoms with Gasteiger partial charge in [-0.25, -0.2) is 4.98 Å². The van der Waals surface area contributed by atoms with E-state index in [-0.39, 0.29) is 0 Å². The molecule has 0 amide bonds. The number of imidazole rings is 1. The number of rotatable bonds is 0. The van der Waals surface area contributed by atoms with Gasteiger partial charge in [-0.05, 0) is 6.92 Å². The van der Waals surface area contributed by atoms with Crippen molar-refractivity contribution in [3.63, 3.8) is 0 Å². The highest BCUT2D eigenvalue weighted by atomic mass is 16.5. The number of hydrogen-bond donors (Lipinski definition) is 0. The van der Waals surface area contributed by atoms with E-state index < -0.39 is 0 Å². The first-order valence-corrected chi connectivity index (χ1v) is 2.76. The van der Waals surface area contributed by atoms with Crippen LogP contribution in [0, 0.1) is 6.92 Å². The van der Waals surface area contributed by atoms with Crippen LogP contribution in [-0.4, -0.2) is 9.56 Å². The summed E-state index contributed by atoms with van der Waals surface area (Å²) in [6.07, 6.45) is 3.46. The lowest BCUT2D eigenvalue weighted by atomic mass is 10.6. The molecule has 46 valence electrons. The molecule has 2 aromatic heterocycles. The predicted molar refractivity (Wildman–Crippen MR) is 32.2 cm³/mol. The van der Waals surface area contributed by atoms with Crippen molar-refractivity contribution < 1.29 is 4.52 Å². The summed E-state index contributed by atoms with van der Waals surface area (Å²) in [5, 5.41) is 0. The number of fused-ring (bicyclic) bond motifs is 1. The van der Waals surface area contributed by atoms with E-state index >= 15 is 0 Å². The molecule has 2 rings (SSSR count). The molecule has 0 spiro atoms. The number of hydrogen-bond acceptors (Lipinski definition) is 2. The molecule has 0 bridgehead atoms. The molecule has 0 saturated heterocycles. The molecule has 9 heavy (non-hydrogen) atoms. The third-order valence-electron chi connectivity index (χ3n) is 1.21. The Labute approximate surface area is 51.9 Å². The molecule has 0 aliphatic carbocycles. The van der Waals surface area contributed by atoms with E-state index in [0.717, 1.165) is 11.3 Å². The summed E-state index contributed by atoms with van der Waals surface area (Å²) in [6, 6.07) is 1.83. The van der Waals surface area contributed by atoms with Gasteiger partial charge in [0.05, 0.1) is 11.9 Å². The summed E-state index contributed by atoms with van der Waals surface area (Å²) in [5.74, 6) is 0. The Balaban J connectivity index is 2.92. The minimum Gasteiger partial charge on any atom is -0.381 e. The molecular weight excluding hydrogens is 116 g/mol.